The van der Waals surface area contributed by atoms with Gasteiger partial charge in [0.05, 0.1) is 40.1 Å². The van der Waals surface area contributed by atoms with E-state index in [9.17, 15) is 13.2 Å². The number of aromatic nitrogens is 5. The molecule has 4 heterocycles. The van der Waals surface area contributed by atoms with E-state index in [1.807, 2.05) is 42.5 Å². The SMILES string of the molecule is CC1(C)COCC[C@H]1Nc1ccnc2ccc(N[C@H](c3cn(C4(C(F)(F)F)CC4)nn3)c3cccc4ncsc34)cc12. The molecular formula is C30H30F3N7OS. The molecule has 2 N–H and O–H groups in total. The Labute approximate surface area is 244 Å². The summed E-state index contributed by atoms with van der Waals surface area (Å²) < 4.78 is 49.3. The molecule has 2 aromatic carbocycles. The lowest BCUT2D eigenvalue weighted by Gasteiger charge is -2.39. The summed E-state index contributed by atoms with van der Waals surface area (Å²) in [7, 11) is 0. The first-order chi connectivity index (χ1) is 20.1. The average Bonchev–Trinajstić information content (AvgIpc) is 3.40. The van der Waals surface area contributed by atoms with Crippen LogP contribution < -0.4 is 10.6 Å². The van der Waals surface area contributed by atoms with Crippen LogP contribution in [0.1, 0.15) is 50.4 Å². The van der Waals surface area contributed by atoms with Gasteiger partial charge in [-0.2, -0.15) is 13.2 Å². The molecule has 0 bridgehead atoms. The monoisotopic (exact) mass is 593 g/mol. The number of anilines is 2. The number of hydrogen-bond donors (Lipinski definition) is 2. The van der Waals surface area contributed by atoms with Gasteiger partial charge in [0, 0.05) is 41.0 Å². The molecule has 0 radical (unpaired) electrons. The maximum absolute atomic E-state index is 13.9. The zero-order valence-corrected chi connectivity index (χ0v) is 24.0. The first-order valence-electron chi connectivity index (χ1n) is 14.0. The third-order valence-corrected chi connectivity index (χ3v) is 9.44. The molecule has 42 heavy (non-hydrogen) atoms. The first-order valence-corrected chi connectivity index (χ1v) is 14.8. The van der Waals surface area contributed by atoms with Gasteiger partial charge in [0.2, 0.25) is 0 Å². The predicted octanol–water partition coefficient (Wildman–Crippen LogP) is 6.92. The summed E-state index contributed by atoms with van der Waals surface area (Å²) in [4.78, 5) is 9.02. The maximum atomic E-state index is 13.9. The summed E-state index contributed by atoms with van der Waals surface area (Å²) in [5.41, 5.74) is 4.42. The van der Waals surface area contributed by atoms with Gasteiger partial charge in [-0.1, -0.05) is 31.2 Å². The molecule has 2 aliphatic rings. The zero-order valence-electron chi connectivity index (χ0n) is 23.2. The van der Waals surface area contributed by atoms with Gasteiger partial charge in [0.25, 0.3) is 0 Å². The van der Waals surface area contributed by atoms with Crippen LogP contribution in [-0.2, 0) is 10.3 Å². The molecule has 1 aliphatic heterocycles. The fraction of sp³-hybridized carbons (Fsp3) is 0.400. The van der Waals surface area contributed by atoms with Crippen LogP contribution in [0, 0.1) is 5.41 Å². The molecule has 8 nitrogen and oxygen atoms in total. The molecule has 5 aromatic rings. The van der Waals surface area contributed by atoms with Gasteiger partial charge in [-0.05, 0) is 55.2 Å². The van der Waals surface area contributed by atoms with Crippen LogP contribution >= 0.6 is 11.3 Å². The number of halogens is 3. The second-order valence-corrected chi connectivity index (χ2v) is 12.7. The Morgan fingerprint density at radius 2 is 1.95 bits per heavy atom. The second-order valence-electron chi connectivity index (χ2n) is 11.9. The zero-order chi connectivity index (χ0) is 29.1. The summed E-state index contributed by atoms with van der Waals surface area (Å²) in [6.07, 6.45) is -0.277. The van der Waals surface area contributed by atoms with Crippen molar-refractivity contribution in [1.29, 1.82) is 0 Å². The van der Waals surface area contributed by atoms with E-state index < -0.39 is 17.8 Å². The van der Waals surface area contributed by atoms with Gasteiger partial charge in [0.1, 0.15) is 5.69 Å². The number of thiazole rings is 1. The van der Waals surface area contributed by atoms with Crippen molar-refractivity contribution < 1.29 is 17.9 Å². The molecule has 0 spiro atoms. The predicted molar refractivity (Wildman–Crippen MR) is 157 cm³/mol. The molecular weight excluding hydrogens is 563 g/mol. The fourth-order valence-electron chi connectivity index (χ4n) is 5.84. The fourth-order valence-corrected chi connectivity index (χ4v) is 6.67. The number of hydrogen-bond acceptors (Lipinski definition) is 8. The number of fused-ring (bicyclic) bond motifs is 2. The van der Waals surface area contributed by atoms with Crippen LogP contribution in [0.4, 0.5) is 24.5 Å². The molecule has 218 valence electrons. The molecule has 12 heteroatoms. The van der Waals surface area contributed by atoms with Crippen LogP contribution in [-0.4, -0.2) is 50.4 Å². The quantitative estimate of drug-likeness (QED) is 0.212. The van der Waals surface area contributed by atoms with Gasteiger partial charge in [0.15, 0.2) is 5.54 Å². The topological polar surface area (TPSA) is 89.8 Å². The van der Waals surface area contributed by atoms with Crippen LogP contribution in [0.3, 0.4) is 0 Å². The van der Waals surface area contributed by atoms with Crippen LogP contribution in [0.25, 0.3) is 21.1 Å². The molecule has 0 amide bonds. The Morgan fingerprint density at radius 1 is 1.10 bits per heavy atom. The summed E-state index contributed by atoms with van der Waals surface area (Å²) >= 11 is 1.48. The van der Waals surface area contributed by atoms with Gasteiger partial charge in [-0.3, -0.25) is 4.98 Å². The lowest BCUT2D eigenvalue weighted by atomic mass is 9.81. The molecule has 2 fully saturated rings. The van der Waals surface area contributed by atoms with Crippen molar-refractivity contribution in [2.75, 3.05) is 23.8 Å². The van der Waals surface area contributed by atoms with Crippen molar-refractivity contribution >= 4 is 43.8 Å². The van der Waals surface area contributed by atoms with Crippen LogP contribution in [0.15, 0.2) is 60.4 Å². The van der Waals surface area contributed by atoms with E-state index >= 15 is 0 Å². The normalized spacial score (nSPS) is 20.5. The van der Waals surface area contributed by atoms with Crippen molar-refractivity contribution in [3.63, 3.8) is 0 Å². The number of ether oxygens (including phenoxy) is 1. The van der Waals surface area contributed by atoms with Gasteiger partial charge < -0.3 is 15.4 Å². The summed E-state index contributed by atoms with van der Waals surface area (Å²) in [6.45, 7) is 5.78. The molecule has 2 atom stereocenters. The summed E-state index contributed by atoms with van der Waals surface area (Å²) in [6, 6.07) is 13.3. The van der Waals surface area contributed by atoms with Crippen LogP contribution in [0.5, 0.6) is 0 Å². The number of rotatable bonds is 7. The molecule has 1 saturated carbocycles. The van der Waals surface area contributed by atoms with E-state index in [0.717, 1.165) is 49.2 Å². The van der Waals surface area contributed by atoms with Gasteiger partial charge >= 0.3 is 6.18 Å². The lowest BCUT2D eigenvalue weighted by molar-refractivity contribution is -0.182. The third-order valence-electron chi connectivity index (χ3n) is 8.55. The Balaban J connectivity index is 1.28. The first kappa shape index (κ1) is 27.1. The summed E-state index contributed by atoms with van der Waals surface area (Å²) in [5, 5.41) is 16.5. The van der Waals surface area contributed by atoms with E-state index in [1.165, 1.54) is 17.5 Å². The third kappa shape index (κ3) is 4.66. The number of pyridine rings is 1. The number of nitrogens with one attached hydrogen (secondary N) is 2. The molecule has 3 aromatic heterocycles. The highest BCUT2D eigenvalue weighted by Crippen LogP contribution is 2.55. The number of nitrogens with zero attached hydrogens (tertiary/aromatic N) is 5. The van der Waals surface area contributed by atoms with Crippen molar-refractivity contribution in [3.8, 4) is 0 Å². The maximum Gasteiger partial charge on any atom is 0.413 e. The molecule has 1 saturated heterocycles. The lowest BCUT2D eigenvalue weighted by Crippen LogP contribution is -2.44. The second kappa shape index (κ2) is 9.91. The van der Waals surface area contributed by atoms with Crippen molar-refractivity contribution in [1.82, 2.24) is 25.0 Å². The average molecular weight is 594 g/mol. The van der Waals surface area contributed by atoms with Crippen molar-refractivity contribution in [3.05, 3.63) is 71.6 Å². The molecule has 1 aliphatic carbocycles. The standard InChI is InChI=1S/C30H30F3N7OS/c1-28(2)16-41-13-9-25(28)37-22-8-12-34-21-7-6-18(14-20(21)22)36-26(19-4-3-5-23-27(19)42-17-35-23)24-15-40(39-38-24)29(10-11-29)30(31,32)33/h3-8,12,14-15,17,25-26,36H,9-11,13,16H2,1-2H3,(H,34,37)/t25-,26+/m1/s1. The van der Waals surface area contributed by atoms with Gasteiger partial charge in [-0.15, -0.1) is 16.4 Å². The minimum atomic E-state index is -4.40. The highest BCUT2D eigenvalue weighted by molar-refractivity contribution is 7.17. The number of benzene rings is 2. The molecule has 0 unspecified atom stereocenters. The van der Waals surface area contributed by atoms with E-state index in [4.69, 9.17) is 4.74 Å². The smallest absolute Gasteiger partial charge is 0.381 e. The van der Waals surface area contributed by atoms with E-state index in [0.29, 0.717) is 18.9 Å². The number of alkyl halides is 3. The Bertz CT molecular complexity index is 1760. The summed E-state index contributed by atoms with van der Waals surface area (Å²) in [5.74, 6) is 0. The highest BCUT2D eigenvalue weighted by Gasteiger charge is 2.66. The largest absolute Gasteiger partial charge is 0.413 e. The Hall–Kier alpha value is -3.77. The van der Waals surface area contributed by atoms with Crippen molar-refractivity contribution in [2.45, 2.75) is 56.9 Å². The molecule has 7 rings (SSSR count). The van der Waals surface area contributed by atoms with E-state index in [-0.39, 0.29) is 24.3 Å². The minimum absolute atomic E-state index is 0.000795. The van der Waals surface area contributed by atoms with Crippen molar-refractivity contribution in [2.24, 2.45) is 5.41 Å². The Kier molecular flexibility index (Phi) is 6.39. The van der Waals surface area contributed by atoms with Gasteiger partial charge in [-0.25, -0.2) is 9.67 Å². The highest BCUT2D eigenvalue weighted by atomic mass is 32.1. The van der Waals surface area contributed by atoms with E-state index in [1.54, 1.807) is 11.7 Å². The minimum Gasteiger partial charge on any atom is -0.381 e. The van der Waals surface area contributed by atoms with E-state index in [2.05, 4.69) is 44.8 Å². The Morgan fingerprint density at radius 3 is 2.74 bits per heavy atom. The van der Waals surface area contributed by atoms with Crippen LogP contribution in [0.2, 0.25) is 0 Å².